The summed E-state index contributed by atoms with van der Waals surface area (Å²) in [6.07, 6.45) is 0. The summed E-state index contributed by atoms with van der Waals surface area (Å²) in [5.41, 5.74) is 12.3. The molecule has 1 aromatic rings. The second-order valence-electron chi connectivity index (χ2n) is 2.44. The summed E-state index contributed by atoms with van der Waals surface area (Å²) < 4.78 is 5.00. The molecule has 0 atom stereocenters. The van der Waals surface area contributed by atoms with Crippen LogP contribution in [0.4, 0.5) is 5.69 Å². The van der Waals surface area contributed by atoms with E-state index >= 15 is 0 Å². The van der Waals surface area contributed by atoms with Gasteiger partial charge in [0.05, 0.1) is 12.8 Å². The van der Waals surface area contributed by atoms with Crippen LogP contribution in [-0.4, -0.2) is 12.9 Å². The molecule has 5 nitrogen and oxygen atoms in total. The topological polar surface area (TPSA) is 99.6 Å². The molecule has 0 unspecified atom stereocenters. The van der Waals surface area contributed by atoms with E-state index in [1.54, 1.807) is 18.2 Å². The quantitative estimate of drug-likeness (QED) is 0.194. The zero-order chi connectivity index (χ0) is 9.84. The zero-order valence-corrected chi connectivity index (χ0v) is 7.32. The lowest BCUT2D eigenvalue weighted by atomic mass is 10.1. The molecular formula is C8H12N4O. The third-order valence-corrected chi connectivity index (χ3v) is 1.70. The van der Waals surface area contributed by atoms with Gasteiger partial charge in [0, 0.05) is 5.56 Å². The average Bonchev–Trinajstić information content (AvgIpc) is 2.17. The number of hydrazone groups is 1. The second kappa shape index (κ2) is 3.66. The lowest BCUT2D eigenvalue weighted by molar-refractivity contribution is 0.417. The second-order valence-corrected chi connectivity index (χ2v) is 2.44. The van der Waals surface area contributed by atoms with E-state index < -0.39 is 0 Å². The molecule has 0 spiro atoms. The van der Waals surface area contributed by atoms with Crippen LogP contribution in [-0.2, 0) is 0 Å². The number of hydrogen-bond donors (Lipinski definition) is 3. The van der Waals surface area contributed by atoms with Crippen molar-refractivity contribution in [2.45, 2.75) is 0 Å². The highest BCUT2D eigenvalue weighted by molar-refractivity contribution is 6.02. The molecule has 0 saturated heterocycles. The summed E-state index contributed by atoms with van der Waals surface area (Å²) in [5, 5.41) is 3.35. The minimum absolute atomic E-state index is 0.191. The largest absolute Gasteiger partial charge is 0.495 e. The Kier molecular flexibility index (Phi) is 2.59. The van der Waals surface area contributed by atoms with Crippen LogP contribution in [0.25, 0.3) is 0 Å². The molecule has 0 fully saturated rings. The van der Waals surface area contributed by atoms with Crippen LogP contribution in [0.2, 0.25) is 0 Å². The van der Waals surface area contributed by atoms with E-state index in [1.165, 1.54) is 7.11 Å². The number of anilines is 1. The van der Waals surface area contributed by atoms with Gasteiger partial charge in [0.1, 0.15) is 5.75 Å². The summed E-state index contributed by atoms with van der Waals surface area (Å²) in [4.78, 5) is 0. The van der Waals surface area contributed by atoms with Crippen molar-refractivity contribution in [1.82, 2.24) is 0 Å². The van der Waals surface area contributed by atoms with Gasteiger partial charge in [-0.3, -0.25) is 0 Å². The van der Waals surface area contributed by atoms with Crippen molar-refractivity contribution >= 4 is 11.5 Å². The molecule has 0 aliphatic rings. The standard InChI is InChI=1S/C8H12N4O/c1-13-6-4-2-3-5(7(6)9)8(10)12-11/h2-4H,9,11H2,1H3,(H2,10,12). The first-order valence-corrected chi connectivity index (χ1v) is 3.67. The Morgan fingerprint density at radius 2 is 2.15 bits per heavy atom. The Bertz CT molecular complexity index is 335. The van der Waals surface area contributed by atoms with Crippen LogP contribution in [0.15, 0.2) is 23.3 Å². The molecule has 0 heterocycles. The molecular weight excluding hydrogens is 168 g/mol. The molecule has 0 bridgehead atoms. The third kappa shape index (κ3) is 1.64. The molecule has 1 rings (SSSR count). The zero-order valence-electron chi connectivity index (χ0n) is 7.32. The van der Waals surface area contributed by atoms with E-state index in [0.717, 1.165) is 0 Å². The molecule has 0 amide bonds. The molecule has 0 radical (unpaired) electrons. The maximum absolute atomic E-state index is 5.73. The minimum Gasteiger partial charge on any atom is -0.495 e. The van der Waals surface area contributed by atoms with Gasteiger partial charge in [0.2, 0.25) is 0 Å². The highest BCUT2D eigenvalue weighted by Crippen LogP contribution is 2.24. The molecule has 0 aromatic heterocycles. The predicted octanol–water partition coefficient (Wildman–Crippen LogP) is -0.144. The molecule has 1 aromatic carbocycles. The van der Waals surface area contributed by atoms with Crippen LogP contribution in [0.5, 0.6) is 5.75 Å². The SMILES string of the molecule is COc1cccc(C(N)=NN)c1N. The lowest BCUT2D eigenvalue weighted by Crippen LogP contribution is -2.17. The van der Waals surface area contributed by atoms with Crippen molar-refractivity contribution in [3.8, 4) is 5.75 Å². The summed E-state index contributed by atoms with van der Waals surface area (Å²) in [7, 11) is 1.53. The third-order valence-electron chi connectivity index (χ3n) is 1.70. The van der Waals surface area contributed by atoms with Crippen molar-refractivity contribution in [1.29, 1.82) is 0 Å². The predicted molar refractivity (Wildman–Crippen MR) is 52.3 cm³/mol. The number of nitrogen functional groups attached to an aromatic ring is 1. The van der Waals surface area contributed by atoms with Crippen molar-refractivity contribution in [3.63, 3.8) is 0 Å². The number of nitrogens with two attached hydrogens (primary N) is 3. The molecule has 0 saturated carbocycles. The van der Waals surface area contributed by atoms with E-state index in [0.29, 0.717) is 17.0 Å². The Morgan fingerprint density at radius 1 is 1.46 bits per heavy atom. The van der Waals surface area contributed by atoms with E-state index in [9.17, 15) is 0 Å². The number of nitrogens with zero attached hydrogens (tertiary/aromatic N) is 1. The van der Waals surface area contributed by atoms with Crippen LogP contribution in [0.1, 0.15) is 5.56 Å². The smallest absolute Gasteiger partial charge is 0.152 e. The maximum atomic E-state index is 5.73. The lowest BCUT2D eigenvalue weighted by Gasteiger charge is -2.08. The Balaban J connectivity index is 3.23. The molecule has 70 valence electrons. The van der Waals surface area contributed by atoms with Gasteiger partial charge in [0.25, 0.3) is 0 Å². The fourth-order valence-electron chi connectivity index (χ4n) is 1.01. The van der Waals surface area contributed by atoms with E-state index in [2.05, 4.69) is 5.10 Å². The highest BCUT2D eigenvalue weighted by Gasteiger charge is 2.07. The number of para-hydroxylation sites is 1. The average molecular weight is 180 g/mol. The number of ether oxygens (including phenoxy) is 1. The molecule has 5 heteroatoms. The first kappa shape index (κ1) is 9.18. The van der Waals surface area contributed by atoms with Gasteiger partial charge in [-0.05, 0) is 12.1 Å². The van der Waals surface area contributed by atoms with Gasteiger partial charge >= 0.3 is 0 Å². The van der Waals surface area contributed by atoms with Gasteiger partial charge in [-0.1, -0.05) is 6.07 Å². The van der Waals surface area contributed by atoms with Gasteiger partial charge in [-0.2, -0.15) is 5.10 Å². The number of amidine groups is 1. The van der Waals surface area contributed by atoms with Crippen LogP contribution >= 0.6 is 0 Å². The fourth-order valence-corrected chi connectivity index (χ4v) is 1.01. The molecule has 0 aliphatic heterocycles. The highest BCUT2D eigenvalue weighted by atomic mass is 16.5. The summed E-state index contributed by atoms with van der Waals surface area (Å²) in [6.45, 7) is 0. The summed E-state index contributed by atoms with van der Waals surface area (Å²) >= 11 is 0. The van der Waals surface area contributed by atoms with Gasteiger partial charge in [-0.15, -0.1) is 0 Å². The Morgan fingerprint density at radius 3 is 2.69 bits per heavy atom. The fraction of sp³-hybridized carbons (Fsp3) is 0.125. The van der Waals surface area contributed by atoms with Crippen LogP contribution < -0.4 is 22.0 Å². The van der Waals surface area contributed by atoms with E-state index in [4.69, 9.17) is 22.0 Å². The first-order valence-electron chi connectivity index (χ1n) is 3.67. The van der Waals surface area contributed by atoms with E-state index in [-0.39, 0.29) is 5.84 Å². The van der Waals surface area contributed by atoms with E-state index in [1.807, 2.05) is 0 Å². The van der Waals surface area contributed by atoms with Crippen molar-refractivity contribution in [2.75, 3.05) is 12.8 Å². The van der Waals surface area contributed by atoms with Gasteiger partial charge in [-0.25, -0.2) is 0 Å². The summed E-state index contributed by atoms with van der Waals surface area (Å²) in [5.74, 6) is 5.78. The number of benzene rings is 1. The number of hydrogen-bond acceptors (Lipinski definition) is 4. The molecule has 6 N–H and O–H groups in total. The Labute approximate surface area is 76.2 Å². The van der Waals surface area contributed by atoms with Crippen molar-refractivity contribution < 1.29 is 4.74 Å². The minimum atomic E-state index is 0.191. The Hall–Kier alpha value is -1.91. The van der Waals surface area contributed by atoms with Crippen LogP contribution in [0.3, 0.4) is 0 Å². The van der Waals surface area contributed by atoms with Crippen molar-refractivity contribution in [3.05, 3.63) is 23.8 Å². The molecule has 0 aliphatic carbocycles. The number of rotatable bonds is 2. The normalized spacial score (nSPS) is 11.3. The van der Waals surface area contributed by atoms with Crippen molar-refractivity contribution in [2.24, 2.45) is 16.7 Å². The monoisotopic (exact) mass is 180 g/mol. The first-order chi connectivity index (χ1) is 6.20. The summed E-state index contributed by atoms with van der Waals surface area (Å²) in [6, 6.07) is 5.23. The van der Waals surface area contributed by atoms with Gasteiger partial charge in [0.15, 0.2) is 5.84 Å². The maximum Gasteiger partial charge on any atom is 0.152 e. The van der Waals surface area contributed by atoms with Crippen LogP contribution in [0, 0.1) is 0 Å². The molecule has 13 heavy (non-hydrogen) atoms. The van der Waals surface area contributed by atoms with Gasteiger partial charge < -0.3 is 22.0 Å². The number of methoxy groups -OCH3 is 1.